The van der Waals surface area contributed by atoms with Gasteiger partial charge in [-0.05, 0) is 11.8 Å². The minimum absolute atomic E-state index is 0.0283. The molecule has 1 aliphatic rings. The van der Waals surface area contributed by atoms with E-state index in [9.17, 15) is 8.42 Å². The molecule has 102 valence electrons. The van der Waals surface area contributed by atoms with Crippen LogP contribution in [-0.4, -0.2) is 31.9 Å². The highest BCUT2D eigenvalue weighted by Crippen LogP contribution is 2.31. The van der Waals surface area contributed by atoms with Crippen molar-refractivity contribution in [2.45, 2.75) is 32.9 Å². The second kappa shape index (κ2) is 5.24. The molecule has 1 fully saturated rings. The molecule has 2 rings (SSSR count). The van der Waals surface area contributed by atoms with Gasteiger partial charge >= 0.3 is 0 Å². The predicted octanol–water partition coefficient (Wildman–Crippen LogP) is 1.38. The highest BCUT2D eigenvalue weighted by molar-refractivity contribution is 7.89. The zero-order valence-electron chi connectivity index (χ0n) is 10.5. The molecule has 0 radical (unpaired) electrons. The third kappa shape index (κ3) is 4.01. The second-order valence-corrected chi connectivity index (χ2v) is 7.95. The molecule has 7 heteroatoms. The number of nitrogens with one attached hydrogen (secondary N) is 1. The standard InChI is InChI=1S/C11H18N2O3S2/c1-11(2)3-10(16-7-11)6-18(14,15)13-4-9-5-17-8-12-9/h5,8,10,13H,3-4,6-7H2,1-2H3. The van der Waals surface area contributed by atoms with E-state index < -0.39 is 10.0 Å². The van der Waals surface area contributed by atoms with Crippen molar-refractivity contribution in [3.05, 3.63) is 16.6 Å². The van der Waals surface area contributed by atoms with Crippen LogP contribution in [0.15, 0.2) is 10.9 Å². The molecule has 1 aliphatic heterocycles. The quantitative estimate of drug-likeness (QED) is 0.889. The van der Waals surface area contributed by atoms with Gasteiger partial charge in [0, 0.05) is 5.38 Å². The van der Waals surface area contributed by atoms with Gasteiger partial charge < -0.3 is 4.74 Å². The minimum Gasteiger partial charge on any atom is -0.377 e. The topological polar surface area (TPSA) is 68.3 Å². The Labute approximate surface area is 112 Å². The highest BCUT2D eigenvalue weighted by Gasteiger charge is 2.34. The zero-order chi connectivity index (χ0) is 13.2. The van der Waals surface area contributed by atoms with E-state index in [1.807, 2.05) is 5.38 Å². The molecule has 1 N–H and O–H groups in total. The van der Waals surface area contributed by atoms with Gasteiger partial charge in [0.25, 0.3) is 0 Å². The van der Waals surface area contributed by atoms with Gasteiger partial charge in [0.15, 0.2) is 0 Å². The second-order valence-electron chi connectivity index (χ2n) is 5.38. The van der Waals surface area contributed by atoms with E-state index in [2.05, 4.69) is 23.6 Å². The third-order valence-corrected chi connectivity index (χ3v) is 4.88. The number of aromatic nitrogens is 1. The van der Waals surface area contributed by atoms with E-state index in [-0.39, 0.29) is 23.8 Å². The van der Waals surface area contributed by atoms with Crippen molar-refractivity contribution in [2.75, 3.05) is 12.4 Å². The van der Waals surface area contributed by atoms with Gasteiger partial charge in [-0.15, -0.1) is 11.3 Å². The van der Waals surface area contributed by atoms with Crippen LogP contribution in [-0.2, 0) is 21.3 Å². The first-order valence-electron chi connectivity index (χ1n) is 5.82. The number of sulfonamides is 1. The molecular weight excluding hydrogens is 272 g/mol. The Kier molecular flexibility index (Phi) is 4.05. The van der Waals surface area contributed by atoms with E-state index >= 15 is 0 Å². The van der Waals surface area contributed by atoms with Crippen LogP contribution in [0.1, 0.15) is 26.0 Å². The predicted molar refractivity (Wildman–Crippen MR) is 70.9 cm³/mol. The summed E-state index contributed by atoms with van der Waals surface area (Å²) in [5.41, 5.74) is 2.51. The van der Waals surface area contributed by atoms with E-state index in [0.717, 1.165) is 12.1 Å². The highest BCUT2D eigenvalue weighted by atomic mass is 32.2. The summed E-state index contributed by atoms with van der Waals surface area (Å²) in [6, 6.07) is 0. The molecule has 1 saturated heterocycles. The fourth-order valence-electron chi connectivity index (χ4n) is 2.00. The molecule has 1 aromatic rings. The Hall–Kier alpha value is -0.500. The average Bonchev–Trinajstić information content (AvgIpc) is 2.85. The van der Waals surface area contributed by atoms with E-state index in [1.165, 1.54) is 11.3 Å². The van der Waals surface area contributed by atoms with Crippen LogP contribution in [0.25, 0.3) is 0 Å². The Morgan fingerprint density at radius 1 is 1.61 bits per heavy atom. The van der Waals surface area contributed by atoms with Crippen molar-refractivity contribution in [1.82, 2.24) is 9.71 Å². The lowest BCUT2D eigenvalue weighted by Crippen LogP contribution is -2.31. The van der Waals surface area contributed by atoms with Gasteiger partial charge in [0.1, 0.15) is 0 Å². The van der Waals surface area contributed by atoms with Crippen LogP contribution < -0.4 is 4.72 Å². The third-order valence-electron chi connectivity index (χ3n) is 2.85. The first-order chi connectivity index (χ1) is 8.36. The lowest BCUT2D eigenvalue weighted by Gasteiger charge is -2.14. The summed E-state index contributed by atoms with van der Waals surface area (Å²) in [5, 5.41) is 1.83. The molecule has 5 nitrogen and oxygen atoms in total. The molecule has 1 unspecified atom stereocenters. The van der Waals surface area contributed by atoms with Crippen LogP contribution in [0, 0.1) is 5.41 Å². The Morgan fingerprint density at radius 2 is 2.39 bits per heavy atom. The Balaban J connectivity index is 1.84. The van der Waals surface area contributed by atoms with E-state index in [4.69, 9.17) is 4.74 Å². The summed E-state index contributed by atoms with van der Waals surface area (Å²) in [6.45, 7) is 5.05. The maximum Gasteiger partial charge on any atom is 0.214 e. The van der Waals surface area contributed by atoms with Crippen molar-refractivity contribution < 1.29 is 13.2 Å². The van der Waals surface area contributed by atoms with Gasteiger partial charge in [-0.25, -0.2) is 18.1 Å². The van der Waals surface area contributed by atoms with Gasteiger partial charge in [0.2, 0.25) is 10.0 Å². The molecule has 0 saturated carbocycles. The number of hydrogen-bond acceptors (Lipinski definition) is 5. The fourth-order valence-corrected chi connectivity index (χ4v) is 3.74. The van der Waals surface area contributed by atoms with Gasteiger partial charge in [-0.1, -0.05) is 13.8 Å². The molecule has 0 aromatic carbocycles. The molecule has 18 heavy (non-hydrogen) atoms. The Bertz CT molecular complexity index is 482. The molecule has 2 heterocycles. The normalized spacial score (nSPS) is 23.3. The number of thiazole rings is 1. The van der Waals surface area contributed by atoms with Crippen molar-refractivity contribution in [3.63, 3.8) is 0 Å². The maximum atomic E-state index is 11.9. The van der Waals surface area contributed by atoms with Gasteiger partial charge in [0.05, 0.1) is 36.2 Å². The molecule has 0 bridgehead atoms. The number of ether oxygens (including phenoxy) is 1. The van der Waals surface area contributed by atoms with Crippen molar-refractivity contribution in [1.29, 1.82) is 0 Å². The first-order valence-corrected chi connectivity index (χ1v) is 8.42. The summed E-state index contributed by atoms with van der Waals surface area (Å²) < 4.78 is 31.8. The van der Waals surface area contributed by atoms with Gasteiger partial charge in [-0.3, -0.25) is 0 Å². The number of nitrogens with zero attached hydrogens (tertiary/aromatic N) is 1. The van der Waals surface area contributed by atoms with Crippen molar-refractivity contribution >= 4 is 21.4 Å². The molecule has 1 atom stereocenters. The zero-order valence-corrected chi connectivity index (χ0v) is 12.2. The van der Waals surface area contributed by atoms with Crippen LogP contribution in [0.3, 0.4) is 0 Å². The largest absolute Gasteiger partial charge is 0.377 e. The Morgan fingerprint density at radius 3 is 2.94 bits per heavy atom. The first kappa shape index (κ1) is 13.9. The summed E-state index contributed by atoms with van der Waals surface area (Å²) in [7, 11) is -3.30. The van der Waals surface area contributed by atoms with Crippen molar-refractivity contribution in [3.8, 4) is 0 Å². The number of rotatable bonds is 5. The monoisotopic (exact) mass is 290 g/mol. The average molecular weight is 290 g/mol. The molecule has 0 aliphatic carbocycles. The SMILES string of the molecule is CC1(C)COC(CS(=O)(=O)NCc2cscn2)C1. The van der Waals surface area contributed by atoms with Crippen LogP contribution in [0.5, 0.6) is 0 Å². The summed E-state index contributed by atoms with van der Waals surface area (Å²) in [4.78, 5) is 4.03. The molecule has 1 aromatic heterocycles. The van der Waals surface area contributed by atoms with E-state index in [1.54, 1.807) is 5.51 Å². The van der Waals surface area contributed by atoms with E-state index in [0.29, 0.717) is 6.61 Å². The van der Waals surface area contributed by atoms with Crippen LogP contribution >= 0.6 is 11.3 Å². The van der Waals surface area contributed by atoms with Gasteiger partial charge in [-0.2, -0.15) is 0 Å². The summed E-state index contributed by atoms with van der Waals surface area (Å²) in [6.07, 6.45) is 0.581. The molecular formula is C11H18N2O3S2. The fraction of sp³-hybridized carbons (Fsp3) is 0.727. The lowest BCUT2D eigenvalue weighted by molar-refractivity contribution is 0.113. The van der Waals surface area contributed by atoms with Crippen molar-refractivity contribution in [2.24, 2.45) is 5.41 Å². The summed E-state index contributed by atoms with van der Waals surface area (Å²) >= 11 is 1.45. The molecule has 0 spiro atoms. The number of hydrogen-bond donors (Lipinski definition) is 1. The summed E-state index contributed by atoms with van der Waals surface area (Å²) in [5.74, 6) is 0.0283. The molecule has 0 amide bonds. The van der Waals surface area contributed by atoms with Crippen LogP contribution in [0.4, 0.5) is 0 Å². The van der Waals surface area contributed by atoms with Crippen LogP contribution in [0.2, 0.25) is 0 Å². The smallest absolute Gasteiger partial charge is 0.214 e. The maximum absolute atomic E-state index is 11.9. The minimum atomic E-state index is -3.30. The lowest BCUT2D eigenvalue weighted by atomic mass is 9.91.